The van der Waals surface area contributed by atoms with Gasteiger partial charge in [-0.15, -0.1) is 0 Å². The predicted octanol–water partition coefficient (Wildman–Crippen LogP) is 0.641. The molecule has 0 spiro atoms. The van der Waals surface area contributed by atoms with E-state index >= 15 is 0 Å². The highest BCUT2D eigenvalue weighted by Gasteiger charge is 2.29. The number of ether oxygens (including phenoxy) is 1. The van der Waals surface area contributed by atoms with Crippen molar-refractivity contribution in [3.05, 3.63) is 0 Å². The van der Waals surface area contributed by atoms with Crippen LogP contribution >= 0.6 is 0 Å². The Kier molecular flexibility index (Phi) is 4.54. The molecule has 0 aliphatic carbocycles. The number of aliphatic hydroxyl groups is 1. The number of β-amino-alcohol motifs (C(OH)–C–C–N with tert-alkyl or cyclic N) is 1. The smallest absolute Gasteiger partial charge is 0.251 e. The number of carbonyl (C=O) groups excluding carboxylic acids is 1. The number of aliphatic hydroxyl groups excluding tert-OH is 1. The lowest BCUT2D eigenvalue weighted by Crippen LogP contribution is -2.49. The van der Waals surface area contributed by atoms with Crippen LogP contribution in [-0.4, -0.2) is 47.8 Å². The van der Waals surface area contributed by atoms with Gasteiger partial charge in [-0.05, 0) is 26.2 Å². The lowest BCUT2D eigenvalue weighted by molar-refractivity contribution is -0.146. The molecular weight excluding hydrogens is 194 g/mol. The Morgan fingerprint density at radius 3 is 2.87 bits per heavy atom. The molecule has 3 atom stereocenters. The maximum atomic E-state index is 11.8. The standard InChI is InChI=1S/C11H21NO3/c1-4-15-9(3)11(14)12-6-5-8(2)10(13)7-12/h8-10,13H,4-7H2,1-3H3. The zero-order chi connectivity index (χ0) is 11.4. The summed E-state index contributed by atoms with van der Waals surface area (Å²) in [6, 6.07) is 0. The third kappa shape index (κ3) is 3.18. The van der Waals surface area contributed by atoms with Crippen molar-refractivity contribution in [2.75, 3.05) is 19.7 Å². The van der Waals surface area contributed by atoms with Crippen molar-refractivity contribution in [2.45, 2.75) is 39.4 Å². The van der Waals surface area contributed by atoms with E-state index in [2.05, 4.69) is 0 Å². The number of hydrogen-bond donors (Lipinski definition) is 1. The van der Waals surface area contributed by atoms with Crippen LogP contribution in [0.3, 0.4) is 0 Å². The SMILES string of the molecule is CCOC(C)C(=O)N1CCC(C)C(O)C1. The molecule has 0 aromatic heterocycles. The first kappa shape index (κ1) is 12.5. The maximum Gasteiger partial charge on any atom is 0.251 e. The van der Waals surface area contributed by atoms with Gasteiger partial charge in [-0.25, -0.2) is 0 Å². The third-order valence-electron chi connectivity index (χ3n) is 2.99. The minimum absolute atomic E-state index is 0.0113. The van der Waals surface area contributed by atoms with Gasteiger partial charge in [0.1, 0.15) is 6.10 Å². The Labute approximate surface area is 91.2 Å². The molecule has 4 nitrogen and oxygen atoms in total. The summed E-state index contributed by atoms with van der Waals surface area (Å²) in [6.45, 7) is 7.36. The van der Waals surface area contributed by atoms with E-state index in [4.69, 9.17) is 4.74 Å². The van der Waals surface area contributed by atoms with Crippen LogP contribution in [0, 0.1) is 5.92 Å². The van der Waals surface area contributed by atoms with E-state index in [-0.39, 0.29) is 11.8 Å². The van der Waals surface area contributed by atoms with Crippen LogP contribution in [0.15, 0.2) is 0 Å². The molecule has 88 valence electrons. The highest BCUT2D eigenvalue weighted by molar-refractivity contribution is 5.80. The predicted molar refractivity (Wildman–Crippen MR) is 57.5 cm³/mol. The molecule has 4 heteroatoms. The van der Waals surface area contributed by atoms with Crippen molar-refractivity contribution in [3.63, 3.8) is 0 Å². The highest BCUT2D eigenvalue weighted by atomic mass is 16.5. The first-order valence-corrected chi connectivity index (χ1v) is 5.64. The lowest BCUT2D eigenvalue weighted by Gasteiger charge is -2.35. The van der Waals surface area contributed by atoms with Gasteiger partial charge >= 0.3 is 0 Å². The van der Waals surface area contributed by atoms with Crippen molar-refractivity contribution in [2.24, 2.45) is 5.92 Å². The van der Waals surface area contributed by atoms with E-state index in [1.807, 2.05) is 13.8 Å². The molecule has 1 aliphatic rings. The number of nitrogens with zero attached hydrogens (tertiary/aromatic N) is 1. The maximum absolute atomic E-state index is 11.8. The van der Waals surface area contributed by atoms with Crippen molar-refractivity contribution in [1.82, 2.24) is 4.90 Å². The first-order chi connectivity index (χ1) is 7.06. The van der Waals surface area contributed by atoms with E-state index in [0.717, 1.165) is 13.0 Å². The summed E-state index contributed by atoms with van der Waals surface area (Å²) in [6.07, 6.45) is 0.0818. The minimum atomic E-state index is -0.393. The fourth-order valence-electron chi connectivity index (χ4n) is 1.83. The topological polar surface area (TPSA) is 49.8 Å². The Morgan fingerprint density at radius 2 is 2.33 bits per heavy atom. The van der Waals surface area contributed by atoms with E-state index in [0.29, 0.717) is 13.2 Å². The molecule has 1 saturated heterocycles. The van der Waals surface area contributed by atoms with Crippen LogP contribution in [0.4, 0.5) is 0 Å². The van der Waals surface area contributed by atoms with Gasteiger partial charge in [0.15, 0.2) is 0 Å². The molecular formula is C11H21NO3. The molecule has 0 saturated carbocycles. The van der Waals surface area contributed by atoms with Gasteiger partial charge in [-0.2, -0.15) is 0 Å². The van der Waals surface area contributed by atoms with Gasteiger partial charge in [-0.3, -0.25) is 4.79 Å². The first-order valence-electron chi connectivity index (χ1n) is 5.64. The number of hydrogen-bond acceptors (Lipinski definition) is 3. The van der Waals surface area contributed by atoms with Crippen LogP contribution in [0.2, 0.25) is 0 Å². The Bertz CT molecular complexity index is 220. The number of rotatable bonds is 3. The molecule has 0 aromatic carbocycles. The second-order valence-corrected chi connectivity index (χ2v) is 4.22. The minimum Gasteiger partial charge on any atom is -0.391 e. The van der Waals surface area contributed by atoms with Gasteiger partial charge in [0.05, 0.1) is 6.10 Å². The summed E-state index contributed by atoms with van der Waals surface area (Å²) >= 11 is 0. The molecule has 1 rings (SSSR count). The normalized spacial score (nSPS) is 28.9. The van der Waals surface area contributed by atoms with Gasteiger partial charge in [0.2, 0.25) is 0 Å². The van der Waals surface area contributed by atoms with E-state index in [1.54, 1.807) is 11.8 Å². The Balaban J connectivity index is 2.47. The summed E-state index contributed by atoms with van der Waals surface area (Å²) in [5.41, 5.74) is 0. The molecule has 1 amide bonds. The largest absolute Gasteiger partial charge is 0.391 e. The number of amides is 1. The van der Waals surface area contributed by atoms with E-state index in [1.165, 1.54) is 0 Å². The summed E-state index contributed by atoms with van der Waals surface area (Å²) in [5, 5.41) is 9.67. The second kappa shape index (κ2) is 5.47. The Morgan fingerprint density at radius 1 is 1.67 bits per heavy atom. The Hall–Kier alpha value is -0.610. The molecule has 1 heterocycles. The second-order valence-electron chi connectivity index (χ2n) is 4.22. The summed E-state index contributed by atoms with van der Waals surface area (Å²) < 4.78 is 5.25. The zero-order valence-corrected chi connectivity index (χ0v) is 9.77. The molecule has 0 bridgehead atoms. The van der Waals surface area contributed by atoms with Crippen LogP contribution in [-0.2, 0) is 9.53 Å². The lowest BCUT2D eigenvalue weighted by atomic mass is 9.96. The van der Waals surface area contributed by atoms with Crippen LogP contribution in [0.1, 0.15) is 27.2 Å². The van der Waals surface area contributed by atoms with Gasteiger partial charge in [0, 0.05) is 19.7 Å². The number of likely N-dealkylation sites (tertiary alicyclic amines) is 1. The fraction of sp³-hybridized carbons (Fsp3) is 0.909. The van der Waals surface area contributed by atoms with Crippen molar-refractivity contribution in [1.29, 1.82) is 0 Å². The monoisotopic (exact) mass is 215 g/mol. The summed E-state index contributed by atoms with van der Waals surface area (Å²) in [5.74, 6) is 0.277. The van der Waals surface area contributed by atoms with Crippen molar-refractivity contribution < 1.29 is 14.6 Å². The van der Waals surface area contributed by atoms with E-state index in [9.17, 15) is 9.90 Å². The zero-order valence-electron chi connectivity index (χ0n) is 9.77. The summed E-state index contributed by atoms with van der Waals surface area (Å²) in [7, 11) is 0. The molecule has 0 aromatic rings. The molecule has 0 radical (unpaired) electrons. The van der Waals surface area contributed by atoms with Gasteiger partial charge < -0.3 is 14.7 Å². The summed E-state index contributed by atoms with van der Waals surface area (Å²) in [4.78, 5) is 13.5. The number of carbonyl (C=O) groups is 1. The van der Waals surface area contributed by atoms with Crippen LogP contribution in [0.25, 0.3) is 0 Å². The molecule has 15 heavy (non-hydrogen) atoms. The van der Waals surface area contributed by atoms with Crippen LogP contribution in [0.5, 0.6) is 0 Å². The highest BCUT2D eigenvalue weighted by Crippen LogP contribution is 2.17. The van der Waals surface area contributed by atoms with Gasteiger partial charge in [-0.1, -0.05) is 6.92 Å². The molecule has 3 unspecified atom stereocenters. The van der Waals surface area contributed by atoms with Gasteiger partial charge in [0.25, 0.3) is 5.91 Å². The quantitative estimate of drug-likeness (QED) is 0.751. The average Bonchev–Trinajstić information content (AvgIpc) is 2.21. The third-order valence-corrected chi connectivity index (χ3v) is 2.99. The van der Waals surface area contributed by atoms with E-state index < -0.39 is 12.2 Å². The van der Waals surface area contributed by atoms with Crippen LogP contribution < -0.4 is 0 Å². The fourth-order valence-corrected chi connectivity index (χ4v) is 1.83. The molecule has 1 N–H and O–H groups in total. The molecule has 1 fully saturated rings. The average molecular weight is 215 g/mol. The van der Waals surface area contributed by atoms with Crippen molar-refractivity contribution in [3.8, 4) is 0 Å². The number of piperidine rings is 1. The molecule has 1 aliphatic heterocycles. The van der Waals surface area contributed by atoms with Crippen molar-refractivity contribution >= 4 is 5.91 Å².